The number of carbonyl (C=O) groups is 1. The average Bonchev–Trinajstić information content (AvgIpc) is 2.27. The van der Waals surface area contributed by atoms with Crippen LogP contribution >= 0.6 is 15.9 Å². The van der Waals surface area contributed by atoms with Crippen molar-refractivity contribution >= 4 is 27.6 Å². The molecule has 18 heavy (non-hydrogen) atoms. The van der Waals surface area contributed by atoms with E-state index in [4.69, 9.17) is 15.2 Å². The molecule has 100 valence electrons. The molecule has 6 heteroatoms. The number of unbranched alkanes of at least 4 members (excludes halogenated alkanes) is 1. The van der Waals surface area contributed by atoms with E-state index in [2.05, 4.69) is 15.9 Å². The zero-order valence-corrected chi connectivity index (χ0v) is 11.6. The highest BCUT2D eigenvalue weighted by Crippen LogP contribution is 2.32. The molecule has 0 atom stereocenters. The first-order chi connectivity index (χ1) is 8.54. The minimum absolute atomic E-state index is 0.128. The summed E-state index contributed by atoms with van der Waals surface area (Å²) in [5.41, 5.74) is 5.71. The third-order valence-electron chi connectivity index (χ3n) is 2.13. The van der Waals surface area contributed by atoms with Crippen LogP contribution in [0.2, 0.25) is 0 Å². The zero-order chi connectivity index (χ0) is 13.5. The van der Waals surface area contributed by atoms with Crippen molar-refractivity contribution < 1.29 is 18.7 Å². The summed E-state index contributed by atoms with van der Waals surface area (Å²) in [6.07, 6.45) is 1.76. The molecule has 0 aliphatic heterocycles. The predicted molar refractivity (Wildman–Crippen MR) is 69.9 cm³/mol. The van der Waals surface area contributed by atoms with Gasteiger partial charge in [0.15, 0.2) is 12.4 Å². The van der Waals surface area contributed by atoms with Gasteiger partial charge in [-0.25, -0.2) is 9.18 Å². The first-order valence-corrected chi connectivity index (χ1v) is 6.36. The van der Waals surface area contributed by atoms with Gasteiger partial charge in [0.25, 0.3) is 0 Å². The van der Waals surface area contributed by atoms with E-state index in [9.17, 15) is 9.18 Å². The largest absolute Gasteiger partial charge is 0.479 e. The molecule has 0 amide bonds. The molecule has 0 aliphatic carbocycles. The minimum atomic E-state index is -0.475. The lowest BCUT2D eigenvalue weighted by Gasteiger charge is -2.10. The molecule has 0 fully saturated rings. The van der Waals surface area contributed by atoms with Crippen LogP contribution in [0.25, 0.3) is 0 Å². The summed E-state index contributed by atoms with van der Waals surface area (Å²) < 4.78 is 23.4. The fourth-order valence-electron chi connectivity index (χ4n) is 1.24. The minimum Gasteiger partial charge on any atom is -0.479 e. The molecule has 0 unspecified atom stereocenters. The predicted octanol–water partition coefficient (Wildman–Crippen LogP) is 2.89. The van der Waals surface area contributed by atoms with Crippen molar-refractivity contribution in [3.63, 3.8) is 0 Å². The Hall–Kier alpha value is -1.30. The van der Waals surface area contributed by atoms with Crippen molar-refractivity contribution in [3.8, 4) is 5.75 Å². The van der Waals surface area contributed by atoms with Crippen molar-refractivity contribution in [2.24, 2.45) is 0 Å². The van der Waals surface area contributed by atoms with Crippen molar-refractivity contribution in [3.05, 3.63) is 22.4 Å². The second kappa shape index (κ2) is 7.20. The number of rotatable bonds is 6. The molecule has 0 saturated carbocycles. The van der Waals surface area contributed by atoms with Gasteiger partial charge in [0.05, 0.1) is 16.8 Å². The summed E-state index contributed by atoms with van der Waals surface area (Å²) in [5, 5.41) is 0. The van der Waals surface area contributed by atoms with E-state index in [-0.39, 0.29) is 18.0 Å². The van der Waals surface area contributed by atoms with Crippen molar-refractivity contribution in [2.45, 2.75) is 19.8 Å². The SMILES string of the molecule is CCCCOC(=O)COc1c(N)cc(F)cc1Br. The fourth-order valence-corrected chi connectivity index (χ4v) is 1.80. The Kier molecular flexibility index (Phi) is 5.91. The number of esters is 1. The van der Waals surface area contributed by atoms with E-state index in [1.54, 1.807) is 0 Å². The average molecular weight is 320 g/mol. The van der Waals surface area contributed by atoms with Gasteiger partial charge in [-0.2, -0.15) is 0 Å². The van der Waals surface area contributed by atoms with Crippen LogP contribution < -0.4 is 10.5 Å². The lowest BCUT2D eigenvalue weighted by molar-refractivity contribution is -0.146. The number of nitrogen functional groups attached to an aromatic ring is 1. The lowest BCUT2D eigenvalue weighted by atomic mass is 10.3. The molecule has 0 aromatic heterocycles. The van der Waals surface area contributed by atoms with E-state index in [1.165, 1.54) is 6.07 Å². The van der Waals surface area contributed by atoms with E-state index in [0.29, 0.717) is 11.1 Å². The van der Waals surface area contributed by atoms with E-state index in [0.717, 1.165) is 18.9 Å². The smallest absolute Gasteiger partial charge is 0.344 e. The van der Waals surface area contributed by atoms with Crippen LogP contribution in [0.3, 0.4) is 0 Å². The van der Waals surface area contributed by atoms with Crippen LogP contribution in [-0.4, -0.2) is 19.2 Å². The van der Waals surface area contributed by atoms with Crippen LogP contribution in [0.4, 0.5) is 10.1 Å². The van der Waals surface area contributed by atoms with E-state index in [1.807, 2.05) is 6.92 Å². The Morgan fingerprint density at radius 1 is 1.50 bits per heavy atom. The number of halogens is 2. The Labute approximate surface area is 113 Å². The Morgan fingerprint density at radius 3 is 2.83 bits per heavy atom. The maximum Gasteiger partial charge on any atom is 0.344 e. The number of hydrogen-bond acceptors (Lipinski definition) is 4. The van der Waals surface area contributed by atoms with Gasteiger partial charge in [0, 0.05) is 6.07 Å². The van der Waals surface area contributed by atoms with E-state index >= 15 is 0 Å². The number of anilines is 1. The van der Waals surface area contributed by atoms with Crippen LogP contribution in [0.5, 0.6) is 5.75 Å². The molecule has 0 bridgehead atoms. The molecule has 4 nitrogen and oxygen atoms in total. The Bertz CT molecular complexity index is 403. The summed E-state index contributed by atoms with van der Waals surface area (Å²) in [4.78, 5) is 11.3. The summed E-state index contributed by atoms with van der Waals surface area (Å²) in [6, 6.07) is 2.34. The van der Waals surface area contributed by atoms with E-state index < -0.39 is 11.8 Å². The van der Waals surface area contributed by atoms with Gasteiger partial charge >= 0.3 is 5.97 Å². The maximum absolute atomic E-state index is 13.0. The quantitative estimate of drug-likeness (QED) is 0.497. The third kappa shape index (κ3) is 4.52. The topological polar surface area (TPSA) is 61.5 Å². The maximum atomic E-state index is 13.0. The summed E-state index contributed by atoms with van der Waals surface area (Å²) in [5.74, 6) is -0.708. The van der Waals surface area contributed by atoms with Crippen molar-refractivity contribution in [2.75, 3.05) is 18.9 Å². The van der Waals surface area contributed by atoms with Crippen LogP contribution in [0, 0.1) is 5.82 Å². The molecule has 0 radical (unpaired) electrons. The number of benzene rings is 1. The zero-order valence-electron chi connectivity index (χ0n) is 10.0. The standard InChI is InChI=1S/C12H15BrFNO3/c1-2-3-4-17-11(16)7-18-12-9(13)5-8(14)6-10(12)15/h5-6H,2-4,7,15H2,1H3. The molecule has 1 aromatic carbocycles. The summed E-state index contributed by atoms with van der Waals surface area (Å²) in [7, 11) is 0. The molecule has 0 heterocycles. The van der Waals surface area contributed by atoms with Crippen molar-refractivity contribution in [1.29, 1.82) is 0 Å². The lowest BCUT2D eigenvalue weighted by Crippen LogP contribution is -2.16. The number of ether oxygens (including phenoxy) is 2. The van der Waals surface area contributed by atoms with Gasteiger partial charge in [-0.15, -0.1) is 0 Å². The number of carbonyl (C=O) groups excluding carboxylic acids is 1. The van der Waals surface area contributed by atoms with Gasteiger partial charge in [-0.3, -0.25) is 0 Å². The summed E-state index contributed by atoms with van der Waals surface area (Å²) >= 11 is 3.11. The second-order valence-corrected chi connectivity index (χ2v) is 4.52. The number of hydrogen-bond donors (Lipinski definition) is 1. The van der Waals surface area contributed by atoms with Crippen molar-refractivity contribution in [1.82, 2.24) is 0 Å². The van der Waals surface area contributed by atoms with Gasteiger partial charge in [-0.1, -0.05) is 13.3 Å². The highest BCUT2D eigenvalue weighted by Gasteiger charge is 2.11. The monoisotopic (exact) mass is 319 g/mol. The molecule has 0 aliphatic rings. The summed E-state index contributed by atoms with van der Waals surface area (Å²) in [6.45, 7) is 2.12. The Morgan fingerprint density at radius 2 is 2.22 bits per heavy atom. The van der Waals surface area contributed by atoms with Gasteiger partial charge < -0.3 is 15.2 Å². The highest BCUT2D eigenvalue weighted by atomic mass is 79.9. The fraction of sp³-hybridized carbons (Fsp3) is 0.417. The first-order valence-electron chi connectivity index (χ1n) is 5.57. The second-order valence-electron chi connectivity index (χ2n) is 3.67. The van der Waals surface area contributed by atoms with Crippen LogP contribution in [0.1, 0.15) is 19.8 Å². The molecule has 2 N–H and O–H groups in total. The van der Waals surface area contributed by atoms with Crippen LogP contribution in [0.15, 0.2) is 16.6 Å². The Balaban J connectivity index is 2.51. The molecular weight excluding hydrogens is 305 g/mol. The van der Waals surface area contributed by atoms with Gasteiger partial charge in [0.2, 0.25) is 0 Å². The third-order valence-corrected chi connectivity index (χ3v) is 2.72. The normalized spacial score (nSPS) is 10.2. The molecule has 1 aromatic rings. The van der Waals surface area contributed by atoms with Crippen LogP contribution in [-0.2, 0) is 9.53 Å². The molecule has 0 saturated heterocycles. The highest BCUT2D eigenvalue weighted by molar-refractivity contribution is 9.10. The number of nitrogens with two attached hydrogens (primary N) is 1. The first kappa shape index (κ1) is 14.8. The van der Waals surface area contributed by atoms with Gasteiger partial charge in [0.1, 0.15) is 5.82 Å². The molecule has 1 rings (SSSR count). The molecule has 0 spiro atoms. The van der Waals surface area contributed by atoms with Gasteiger partial charge in [-0.05, 0) is 28.4 Å². The molecular formula is C12H15BrFNO3.